The number of fused-ring (bicyclic) bond motifs is 1. The molecule has 8 heteroatoms. The van der Waals surface area contributed by atoms with Crippen molar-refractivity contribution in [3.8, 4) is 17.1 Å². The van der Waals surface area contributed by atoms with Crippen LogP contribution in [0.1, 0.15) is 55.7 Å². The molecule has 4 rings (SSSR count). The van der Waals surface area contributed by atoms with E-state index in [2.05, 4.69) is 22.3 Å². The van der Waals surface area contributed by atoms with Crippen molar-refractivity contribution >= 4 is 16.8 Å². The minimum Gasteiger partial charge on any atom is -0.493 e. The van der Waals surface area contributed by atoms with Gasteiger partial charge in [-0.05, 0) is 38.0 Å². The van der Waals surface area contributed by atoms with E-state index < -0.39 is 0 Å². The number of hydrogen-bond acceptors (Lipinski definition) is 6. The minimum atomic E-state index is -0.288. The number of nitrogens with one attached hydrogen (secondary N) is 2. The molecule has 1 fully saturated rings. The second-order valence-corrected chi connectivity index (χ2v) is 7.64. The Kier molecular flexibility index (Phi) is 5.67. The average Bonchev–Trinajstić information content (AvgIpc) is 3.05. The predicted octanol–water partition coefficient (Wildman–Crippen LogP) is 2.87. The molecule has 2 N–H and O–H groups in total. The number of aryl methyl sites for hydroxylation is 1. The van der Waals surface area contributed by atoms with Gasteiger partial charge in [0.25, 0.3) is 5.56 Å². The quantitative estimate of drug-likeness (QED) is 0.438. The molecule has 3 aromatic rings. The monoisotopic (exact) mass is 409 g/mol. The minimum absolute atomic E-state index is 0.0562. The van der Waals surface area contributed by atoms with Crippen LogP contribution in [0.15, 0.2) is 23.0 Å². The number of H-pyrrole nitrogens is 1. The Morgan fingerprint density at radius 2 is 2.07 bits per heavy atom. The van der Waals surface area contributed by atoms with Crippen LogP contribution in [-0.2, 0) is 6.42 Å². The predicted molar refractivity (Wildman–Crippen MR) is 115 cm³/mol. The van der Waals surface area contributed by atoms with Crippen LogP contribution in [-0.4, -0.2) is 45.2 Å². The van der Waals surface area contributed by atoms with Crippen molar-refractivity contribution < 1.29 is 9.53 Å². The van der Waals surface area contributed by atoms with Crippen molar-refractivity contribution in [1.29, 1.82) is 0 Å². The van der Waals surface area contributed by atoms with Crippen molar-refractivity contribution in [2.45, 2.75) is 46.1 Å². The van der Waals surface area contributed by atoms with Gasteiger partial charge in [0.2, 0.25) is 0 Å². The van der Waals surface area contributed by atoms with E-state index in [4.69, 9.17) is 9.72 Å². The summed E-state index contributed by atoms with van der Waals surface area (Å²) < 4.78 is 7.87. The van der Waals surface area contributed by atoms with Crippen molar-refractivity contribution in [3.05, 3.63) is 39.8 Å². The number of aromatic amines is 1. The van der Waals surface area contributed by atoms with Gasteiger partial charge in [0.1, 0.15) is 17.1 Å². The summed E-state index contributed by atoms with van der Waals surface area (Å²) in [5.41, 5.74) is 2.76. The lowest BCUT2D eigenvalue weighted by molar-refractivity contribution is 0.101. The Balaban J connectivity index is 1.86. The van der Waals surface area contributed by atoms with Gasteiger partial charge in [-0.25, -0.2) is 4.98 Å². The summed E-state index contributed by atoms with van der Waals surface area (Å²) in [6.45, 7) is 7.88. The van der Waals surface area contributed by atoms with Gasteiger partial charge < -0.3 is 15.0 Å². The van der Waals surface area contributed by atoms with Crippen molar-refractivity contribution in [3.63, 3.8) is 0 Å². The maximum absolute atomic E-state index is 12.9. The van der Waals surface area contributed by atoms with Gasteiger partial charge in [0, 0.05) is 18.7 Å². The number of carbonyl (C=O) groups excluding carboxylic acids is 1. The van der Waals surface area contributed by atoms with Crippen LogP contribution >= 0.6 is 0 Å². The maximum atomic E-state index is 12.9. The fourth-order valence-corrected chi connectivity index (χ4v) is 3.63. The average molecular weight is 409 g/mol. The Bertz CT molecular complexity index is 1140. The third-order valence-electron chi connectivity index (χ3n) is 5.49. The lowest BCUT2D eigenvalue weighted by Gasteiger charge is -2.28. The van der Waals surface area contributed by atoms with Crippen LogP contribution in [0.25, 0.3) is 22.4 Å². The van der Waals surface area contributed by atoms with E-state index in [1.165, 1.54) is 6.92 Å². The van der Waals surface area contributed by atoms with Crippen LogP contribution in [0, 0.1) is 0 Å². The Labute approximate surface area is 174 Å². The van der Waals surface area contributed by atoms with Crippen LogP contribution in [0.3, 0.4) is 0 Å². The molecule has 158 valence electrons. The molecular weight excluding hydrogens is 382 g/mol. The van der Waals surface area contributed by atoms with Gasteiger partial charge in [-0.2, -0.15) is 5.10 Å². The van der Waals surface area contributed by atoms with Gasteiger partial charge in [-0.3, -0.25) is 14.3 Å². The van der Waals surface area contributed by atoms with E-state index in [1.54, 1.807) is 18.2 Å². The van der Waals surface area contributed by atoms with E-state index in [1.807, 2.05) is 11.6 Å². The number of Topliss-reactive ketones (excluding diaryl/α,β-unsaturated/α-hetero) is 1. The molecule has 0 spiro atoms. The highest BCUT2D eigenvalue weighted by atomic mass is 16.5. The number of ketones is 1. The highest BCUT2D eigenvalue weighted by Gasteiger charge is 2.26. The smallest absolute Gasteiger partial charge is 0.279 e. The molecular formula is C22H27N5O3. The Hall–Kier alpha value is -3.00. The van der Waals surface area contributed by atoms with Gasteiger partial charge in [0.15, 0.2) is 11.3 Å². The first-order chi connectivity index (χ1) is 14.5. The third-order valence-corrected chi connectivity index (χ3v) is 5.49. The lowest BCUT2D eigenvalue weighted by atomic mass is 10.1. The van der Waals surface area contributed by atoms with Gasteiger partial charge in [0.05, 0.1) is 23.9 Å². The van der Waals surface area contributed by atoms with Gasteiger partial charge in [-0.15, -0.1) is 0 Å². The number of carbonyl (C=O) groups is 1. The maximum Gasteiger partial charge on any atom is 0.279 e. The van der Waals surface area contributed by atoms with E-state index in [0.717, 1.165) is 38.0 Å². The van der Waals surface area contributed by atoms with Gasteiger partial charge >= 0.3 is 0 Å². The van der Waals surface area contributed by atoms with E-state index in [9.17, 15) is 9.59 Å². The summed E-state index contributed by atoms with van der Waals surface area (Å²) in [7, 11) is 0. The first-order valence-corrected chi connectivity index (χ1v) is 10.5. The molecule has 30 heavy (non-hydrogen) atoms. The zero-order chi connectivity index (χ0) is 21.3. The number of rotatable bonds is 8. The molecule has 0 atom stereocenters. The topological polar surface area (TPSA) is 102 Å². The van der Waals surface area contributed by atoms with Crippen LogP contribution in [0.2, 0.25) is 0 Å². The summed E-state index contributed by atoms with van der Waals surface area (Å²) in [4.78, 5) is 32.5. The molecule has 0 amide bonds. The Morgan fingerprint density at radius 1 is 1.27 bits per heavy atom. The number of unbranched alkanes of at least 4 members (excludes halogenated alkanes) is 1. The van der Waals surface area contributed by atoms with Crippen molar-refractivity contribution in [2.24, 2.45) is 0 Å². The van der Waals surface area contributed by atoms with Crippen LogP contribution in [0.4, 0.5) is 0 Å². The normalized spacial score (nSPS) is 14.1. The van der Waals surface area contributed by atoms with Crippen molar-refractivity contribution in [1.82, 2.24) is 25.1 Å². The standard InChI is InChI=1S/C22H27N5O3/c1-4-6-9-30-18-8-7-14(13(3)28)10-16(18)21-24-19-17(5-2)27(15-11-23-12-15)26-20(19)22(29)25-21/h7-8,10,15,23H,4-6,9,11-12H2,1-3H3,(H,24,25,29). The largest absolute Gasteiger partial charge is 0.493 e. The highest BCUT2D eigenvalue weighted by Crippen LogP contribution is 2.30. The first-order valence-electron chi connectivity index (χ1n) is 10.5. The summed E-state index contributed by atoms with van der Waals surface area (Å²) in [6, 6.07) is 5.49. The van der Waals surface area contributed by atoms with Crippen LogP contribution < -0.4 is 15.6 Å². The summed E-state index contributed by atoms with van der Waals surface area (Å²) >= 11 is 0. The molecule has 0 aliphatic carbocycles. The zero-order valence-corrected chi connectivity index (χ0v) is 17.6. The Morgan fingerprint density at radius 3 is 2.70 bits per heavy atom. The molecule has 2 aromatic heterocycles. The molecule has 1 aliphatic rings. The molecule has 0 saturated carbocycles. The molecule has 3 heterocycles. The third kappa shape index (κ3) is 3.63. The van der Waals surface area contributed by atoms with E-state index in [0.29, 0.717) is 40.3 Å². The summed E-state index contributed by atoms with van der Waals surface area (Å²) in [6.07, 6.45) is 2.65. The molecule has 1 aliphatic heterocycles. The summed E-state index contributed by atoms with van der Waals surface area (Å²) in [5, 5.41) is 7.79. The number of ether oxygens (including phenoxy) is 1. The molecule has 0 unspecified atom stereocenters. The molecule has 1 saturated heterocycles. The number of benzene rings is 1. The first kappa shape index (κ1) is 20.3. The number of hydrogen-bond donors (Lipinski definition) is 2. The second-order valence-electron chi connectivity index (χ2n) is 7.64. The highest BCUT2D eigenvalue weighted by molar-refractivity contribution is 5.95. The summed E-state index contributed by atoms with van der Waals surface area (Å²) in [5.74, 6) is 0.937. The second kappa shape index (κ2) is 8.39. The van der Waals surface area contributed by atoms with Crippen molar-refractivity contribution in [2.75, 3.05) is 19.7 Å². The van der Waals surface area contributed by atoms with Crippen LogP contribution in [0.5, 0.6) is 5.75 Å². The number of aromatic nitrogens is 4. The molecule has 1 aromatic carbocycles. The lowest BCUT2D eigenvalue weighted by Crippen LogP contribution is -2.44. The van der Waals surface area contributed by atoms with E-state index in [-0.39, 0.29) is 17.4 Å². The molecule has 0 radical (unpaired) electrons. The molecule has 8 nitrogen and oxygen atoms in total. The van der Waals surface area contributed by atoms with Gasteiger partial charge in [-0.1, -0.05) is 20.3 Å². The molecule has 0 bridgehead atoms. The fourth-order valence-electron chi connectivity index (χ4n) is 3.63. The number of nitrogens with zero attached hydrogens (tertiary/aromatic N) is 3. The van der Waals surface area contributed by atoms with E-state index >= 15 is 0 Å². The fraction of sp³-hybridized carbons (Fsp3) is 0.455. The SMILES string of the molecule is CCCCOc1ccc(C(C)=O)cc1-c1nc2c(CC)n(C3CNC3)nc2c(=O)[nH]1. The zero-order valence-electron chi connectivity index (χ0n) is 17.6.